The van der Waals surface area contributed by atoms with E-state index < -0.39 is 0 Å². The Kier molecular flexibility index (Phi) is 3.65. The lowest BCUT2D eigenvalue weighted by atomic mass is 10.2. The summed E-state index contributed by atoms with van der Waals surface area (Å²) in [6.07, 6.45) is 6.22. The van der Waals surface area contributed by atoms with E-state index in [0.29, 0.717) is 6.04 Å². The first kappa shape index (κ1) is 13.1. The van der Waals surface area contributed by atoms with Gasteiger partial charge in [0.25, 0.3) is 0 Å². The highest BCUT2D eigenvalue weighted by Crippen LogP contribution is 2.22. The van der Waals surface area contributed by atoms with E-state index in [0.717, 1.165) is 23.7 Å². The Hall–Kier alpha value is -1.94. The van der Waals surface area contributed by atoms with Crippen molar-refractivity contribution < 1.29 is 0 Å². The normalized spacial score (nSPS) is 14.3. The number of nitrogens with zero attached hydrogens (tertiary/aromatic N) is 3. The molecule has 1 saturated carbocycles. The first-order valence-corrected chi connectivity index (χ1v) is 7.07. The summed E-state index contributed by atoms with van der Waals surface area (Å²) in [5.74, 6) is 0.880. The maximum Gasteiger partial charge on any atom is 0.151 e. The minimum Gasteiger partial charge on any atom is -0.328 e. The van der Waals surface area contributed by atoms with Crippen molar-refractivity contribution in [2.45, 2.75) is 32.4 Å². The highest BCUT2D eigenvalue weighted by Gasteiger charge is 2.20. The largest absolute Gasteiger partial charge is 0.328 e. The van der Waals surface area contributed by atoms with Gasteiger partial charge in [-0.3, -0.25) is 4.98 Å². The summed E-state index contributed by atoms with van der Waals surface area (Å²) < 4.78 is 0. The van der Waals surface area contributed by atoms with Gasteiger partial charge in [-0.25, -0.2) is 4.98 Å². The summed E-state index contributed by atoms with van der Waals surface area (Å²) in [5.41, 5.74) is 3.37. The Morgan fingerprint density at radius 2 is 2.15 bits per heavy atom. The van der Waals surface area contributed by atoms with Gasteiger partial charge >= 0.3 is 0 Å². The predicted molar refractivity (Wildman–Crippen MR) is 81.1 cm³/mol. The number of hydrogen-bond donors (Lipinski definition) is 1. The van der Waals surface area contributed by atoms with Crippen molar-refractivity contribution in [2.24, 2.45) is 0 Å². The first-order chi connectivity index (χ1) is 9.72. The van der Waals surface area contributed by atoms with E-state index in [1.54, 1.807) is 0 Å². The molecule has 3 rings (SSSR count). The average molecular weight is 268 g/mol. The van der Waals surface area contributed by atoms with Crippen molar-refractivity contribution in [3.63, 3.8) is 0 Å². The molecule has 0 atom stereocenters. The maximum absolute atomic E-state index is 4.68. The van der Waals surface area contributed by atoms with Crippen LogP contribution in [0.2, 0.25) is 0 Å². The number of nitrogens with one attached hydrogen (secondary N) is 1. The van der Waals surface area contributed by atoms with Crippen LogP contribution in [-0.2, 0) is 6.54 Å². The second kappa shape index (κ2) is 5.59. The molecule has 0 spiro atoms. The first-order valence-electron chi connectivity index (χ1n) is 7.07. The minimum absolute atomic E-state index is 0.690. The van der Waals surface area contributed by atoms with Gasteiger partial charge in [0.15, 0.2) is 5.82 Å². The molecule has 1 aromatic heterocycles. The second-order valence-corrected chi connectivity index (χ2v) is 5.42. The molecule has 2 aromatic rings. The van der Waals surface area contributed by atoms with Crippen LogP contribution in [0.15, 0.2) is 36.7 Å². The van der Waals surface area contributed by atoms with Crippen LogP contribution in [0.3, 0.4) is 0 Å². The molecule has 1 aromatic carbocycles. The molecule has 0 radical (unpaired) electrons. The van der Waals surface area contributed by atoms with Crippen LogP contribution in [-0.4, -0.2) is 23.1 Å². The number of rotatable bonds is 5. The van der Waals surface area contributed by atoms with Gasteiger partial charge in [0.1, 0.15) is 0 Å². The Balaban J connectivity index is 1.76. The molecule has 104 valence electrons. The smallest absolute Gasteiger partial charge is 0.151 e. The van der Waals surface area contributed by atoms with E-state index in [-0.39, 0.29) is 0 Å². The molecule has 0 unspecified atom stereocenters. The molecule has 1 N–H and O–H groups in total. The summed E-state index contributed by atoms with van der Waals surface area (Å²) >= 11 is 0. The topological polar surface area (TPSA) is 41.1 Å². The molecule has 0 amide bonds. The van der Waals surface area contributed by atoms with Crippen LogP contribution in [0, 0.1) is 6.92 Å². The van der Waals surface area contributed by atoms with E-state index in [1.165, 1.54) is 18.4 Å². The third-order valence-corrected chi connectivity index (χ3v) is 3.55. The quantitative estimate of drug-likeness (QED) is 0.905. The Morgan fingerprint density at radius 1 is 1.30 bits per heavy atom. The van der Waals surface area contributed by atoms with Crippen LogP contribution in [0.5, 0.6) is 0 Å². The zero-order valence-corrected chi connectivity index (χ0v) is 12.0. The maximum atomic E-state index is 4.68. The van der Waals surface area contributed by atoms with E-state index in [9.17, 15) is 0 Å². The average Bonchev–Trinajstić information content (AvgIpc) is 3.29. The molecule has 1 aliphatic carbocycles. The zero-order valence-electron chi connectivity index (χ0n) is 12.0. The van der Waals surface area contributed by atoms with Crippen LogP contribution in [0.25, 0.3) is 0 Å². The fraction of sp³-hybridized carbons (Fsp3) is 0.375. The third-order valence-electron chi connectivity index (χ3n) is 3.55. The number of anilines is 2. The summed E-state index contributed by atoms with van der Waals surface area (Å²) in [6.45, 7) is 2.90. The lowest BCUT2D eigenvalue weighted by Gasteiger charge is -2.19. The molecule has 0 aliphatic heterocycles. The second-order valence-electron chi connectivity index (χ2n) is 5.42. The number of hydrogen-bond acceptors (Lipinski definition) is 4. The van der Waals surface area contributed by atoms with Gasteiger partial charge in [-0.1, -0.05) is 12.1 Å². The summed E-state index contributed by atoms with van der Waals surface area (Å²) in [4.78, 5) is 11.1. The van der Waals surface area contributed by atoms with Crippen molar-refractivity contribution in [3.8, 4) is 0 Å². The molecule has 20 heavy (non-hydrogen) atoms. The van der Waals surface area contributed by atoms with E-state index in [2.05, 4.69) is 51.4 Å². The lowest BCUT2D eigenvalue weighted by Crippen LogP contribution is -2.18. The summed E-state index contributed by atoms with van der Waals surface area (Å²) in [5, 5.41) is 3.47. The SMILES string of the molecule is Cc1cccc(N(C)c2cncc(CNC3CC3)n2)c1. The molecule has 0 bridgehead atoms. The molecule has 1 fully saturated rings. The van der Waals surface area contributed by atoms with Gasteiger partial charge in [0.05, 0.1) is 11.9 Å². The van der Waals surface area contributed by atoms with Crippen molar-refractivity contribution >= 4 is 11.5 Å². The summed E-state index contributed by atoms with van der Waals surface area (Å²) in [7, 11) is 2.02. The highest BCUT2D eigenvalue weighted by molar-refractivity contribution is 5.59. The third kappa shape index (κ3) is 3.14. The van der Waals surface area contributed by atoms with Crippen molar-refractivity contribution in [2.75, 3.05) is 11.9 Å². The molecule has 0 saturated heterocycles. The Morgan fingerprint density at radius 3 is 2.90 bits per heavy atom. The number of benzene rings is 1. The fourth-order valence-corrected chi connectivity index (χ4v) is 2.15. The van der Waals surface area contributed by atoms with Crippen LogP contribution >= 0.6 is 0 Å². The van der Waals surface area contributed by atoms with E-state index >= 15 is 0 Å². The van der Waals surface area contributed by atoms with Gasteiger partial charge in [-0.2, -0.15) is 0 Å². The van der Waals surface area contributed by atoms with Gasteiger partial charge < -0.3 is 10.2 Å². The minimum atomic E-state index is 0.690. The predicted octanol–water partition coefficient (Wildman–Crippen LogP) is 2.80. The van der Waals surface area contributed by atoms with Gasteiger partial charge in [-0.15, -0.1) is 0 Å². The lowest BCUT2D eigenvalue weighted by molar-refractivity contribution is 0.671. The van der Waals surface area contributed by atoms with Crippen LogP contribution in [0.1, 0.15) is 24.1 Å². The number of aryl methyl sites for hydroxylation is 1. The van der Waals surface area contributed by atoms with Gasteiger partial charge in [-0.05, 0) is 37.5 Å². The zero-order chi connectivity index (χ0) is 13.9. The van der Waals surface area contributed by atoms with Crippen molar-refractivity contribution in [1.82, 2.24) is 15.3 Å². The van der Waals surface area contributed by atoms with Gasteiger partial charge in [0, 0.05) is 31.5 Å². The molecule has 4 heteroatoms. The van der Waals surface area contributed by atoms with Crippen LogP contribution in [0.4, 0.5) is 11.5 Å². The Bertz CT molecular complexity index is 593. The van der Waals surface area contributed by atoms with Crippen molar-refractivity contribution in [1.29, 1.82) is 0 Å². The van der Waals surface area contributed by atoms with Crippen LogP contribution < -0.4 is 10.2 Å². The molecule has 1 heterocycles. The summed E-state index contributed by atoms with van der Waals surface area (Å²) in [6, 6.07) is 9.09. The molecule has 4 nitrogen and oxygen atoms in total. The number of aromatic nitrogens is 2. The van der Waals surface area contributed by atoms with E-state index in [4.69, 9.17) is 0 Å². The molecular formula is C16H20N4. The van der Waals surface area contributed by atoms with E-state index in [1.807, 2.05) is 19.4 Å². The monoisotopic (exact) mass is 268 g/mol. The standard InChI is InChI=1S/C16H20N4/c1-12-4-3-5-15(8-12)20(2)16-11-17-9-14(19-16)10-18-13-6-7-13/h3-5,8-9,11,13,18H,6-7,10H2,1-2H3. The Labute approximate surface area is 119 Å². The highest BCUT2D eigenvalue weighted by atomic mass is 15.2. The van der Waals surface area contributed by atoms with Crippen molar-refractivity contribution in [3.05, 3.63) is 47.9 Å². The molecule has 1 aliphatic rings. The fourth-order valence-electron chi connectivity index (χ4n) is 2.15. The van der Waals surface area contributed by atoms with Gasteiger partial charge in [0.2, 0.25) is 0 Å². The molecular weight excluding hydrogens is 248 g/mol.